The first-order valence-electron chi connectivity index (χ1n) is 5.34. The number of allylic oxidation sites excluding steroid dienone is 2. The summed E-state index contributed by atoms with van der Waals surface area (Å²) < 4.78 is 0. The molecular weight excluding hydrogens is 232 g/mol. The summed E-state index contributed by atoms with van der Waals surface area (Å²) in [6.07, 6.45) is 8.41. The zero-order valence-corrected chi connectivity index (χ0v) is 9.83. The van der Waals surface area contributed by atoms with E-state index in [4.69, 9.17) is 5.11 Å². The van der Waals surface area contributed by atoms with Gasteiger partial charge in [0.1, 0.15) is 0 Å². The summed E-state index contributed by atoms with van der Waals surface area (Å²) in [5, 5.41) is 8.99. The van der Waals surface area contributed by atoms with Gasteiger partial charge in [0.05, 0.1) is 5.56 Å². The predicted molar refractivity (Wildman–Crippen MR) is 71.0 cm³/mol. The van der Waals surface area contributed by atoms with Crippen molar-refractivity contribution in [3.63, 3.8) is 0 Å². The van der Waals surface area contributed by atoms with Gasteiger partial charge in [-0.25, -0.2) is 4.79 Å². The molecule has 1 aliphatic heterocycles. The van der Waals surface area contributed by atoms with Crippen LogP contribution < -0.4 is 0 Å². The molecule has 0 saturated heterocycles. The average Bonchev–Trinajstić information content (AvgIpc) is 2.68. The minimum Gasteiger partial charge on any atom is -0.478 e. The lowest BCUT2D eigenvalue weighted by Gasteiger charge is -2.02. The summed E-state index contributed by atoms with van der Waals surface area (Å²) in [6, 6.07) is 5.24. The van der Waals surface area contributed by atoms with Gasteiger partial charge in [0.2, 0.25) is 0 Å². The summed E-state index contributed by atoms with van der Waals surface area (Å²) in [5.74, 6) is 0.119. The molecule has 3 heteroatoms. The third-order valence-electron chi connectivity index (χ3n) is 2.89. The first-order valence-corrected chi connectivity index (χ1v) is 6.33. The Balaban J connectivity index is 2.16. The van der Waals surface area contributed by atoms with Gasteiger partial charge in [-0.05, 0) is 34.9 Å². The lowest BCUT2D eigenvalue weighted by Crippen LogP contribution is -1.97. The summed E-state index contributed by atoms with van der Waals surface area (Å²) in [6.45, 7) is 0. The normalized spacial score (nSPS) is 16.7. The number of carboxylic acid groups (broad SMARTS) is 1. The Bertz CT molecular complexity index is 594. The van der Waals surface area contributed by atoms with E-state index in [1.165, 1.54) is 10.5 Å². The standard InChI is InChI=1S/C14H10O2S/c15-14(16)11-4-2-9-1-3-10-5-6-17-13(10)8-12(9)7-11/h1-5,7-8H,6H2,(H,15,16). The smallest absolute Gasteiger partial charge is 0.335 e. The number of carboxylic acids is 1. The maximum Gasteiger partial charge on any atom is 0.335 e. The van der Waals surface area contributed by atoms with Crippen LogP contribution in [0.3, 0.4) is 0 Å². The fraction of sp³-hybridized carbons (Fsp3) is 0.0714. The SMILES string of the molecule is O=C(O)c1ccc2c(c1)C=C1SCC=C1C=C2. The van der Waals surface area contributed by atoms with Crippen LogP contribution in [0.25, 0.3) is 12.2 Å². The number of carbonyl (C=O) groups is 1. The second-order valence-electron chi connectivity index (χ2n) is 3.96. The van der Waals surface area contributed by atoms with Gasteiger partial charge in [0.25, 0.3) is 0 Å². The van der Waals surface area contributed by atoms with Crippen molar-refractivity contribution in [2.24, 2.45) is 0 Å². The van der Waals surface area contributed by atoms with E-state index >= 15 is 0 Å². The van der Waals surface area contributed by atoms with Crippen LogP contribution in [0.15, 0.2) is 40.8 Å². The van der Waals surface area contributed by atoms with Crippen LogP contribution >= 0.6 is 11.8 Å². The fourth-order valence-electron chi connectivity index (χ4n) is 1.99. The maximum absolute atomic E-state index is 10.9. The number of thioether (sulfide) groups is 1. The van der Waals surface area contributed by atoms with Crippen LogP contribution in [-0.2, 0) is 0 Å². The molecule has 0 amide bonds. The van der Waals surface area contributed by atoms with Gasteiger partial charge in [0.15, 0.2) is 0 Å². The second-order valence-corrected chi connectivity index (χ2v) is 5.02. The largest absolute Gasteiger partial charge is 0.478 e. The molecule has 3 rings (SSSR count). The number of hydrogen-bond donors (Lipinski definition) is 1. The lowest BCUT2D eigenvalue weighted by atomic mass is 10.0. The molecule has 1 N–H and O–H groups in total. The van der Waals surface area contributed by atoms with E-state index in [1.807, 2.05) is 12.1 Å². The molecule has 1 aromatic carbocycles. The molecular formula is C14H10O2S. The van der Waals surface area contributed by atoms with Gasteiger partial charge in [-0.1, -0.05) is 24.3 Å². The maximum atomic E-state index is 10.9. The van der Waals surface area contributed by atoms with Crippen LogP contribution in [0.4, 0.5) is 0 Å². The van der Waals surface area contributed by atoms with Crippen LogP contribution in [0.2, 0.25) is 0 Å². The average molecular weight is 242 g/mol. The van der Waals surface area contributed by atoms with E-state index in [1.54, 1.807) is 23.9 Å². The molecule has 2 aliphatic rings. The van der Waals surface area contributed by atoms with E-state index < -0.39 is 5.97 Å². The van der Waals surface area contributed by atoms with Crippen LogP contribution in [0.1, 0.15) is 21.5 Å². The van der Waals surface area contributed by atoms with Crippen LogP contribution in [0.5, 0.6) is 0 Å². The van der Waals surface area contributed by atoms with Crippen LogP contribution in [0, 0.1) is 0 Å². The van der Waals surface area contributed by atoms with Crippen molar-refractivity contribution in [3.8, 4) is 0 Å². The Morgan fingerprint density at radius 2 is 2.12 bits per heavy atom. The molecule has 0 saturated carbocycles. The quantitative estimate of drug-likeness (QED) is 0.819. The summed E-state index contributed by atoms with van der Waals surface area (Å²) in [7, 11) is 0. The zero-order valence-electron chi connectivity index (χ0n) is 9.01. The second kappa shape index (κ2) is 3.93. The summed E-state index contributed by atoms with van der Waals surface area (Å²) in [4.78, 5) is 12.2. The topological polar surface area (TPSA) is 37.3 Å². The molecule has 0 radical (unpaired) electrons. The highest BCUT2D eigenvalue weighted by Gasteiger charge is 2.14. The summed E-state index contributed by atoms with van der Waals surface area (Å²) >= 11 is 1.79. The Morgan fingerprint density at radius 3 is 2.94 bits per heavy atom. The molecule has 0 aromatic heterocycles. The fourth-order valence-corrected chi connectivity index (χ4v) is 2.96. The molecule has 84 valence electrons. The Labute approximate surface area is 103 Å². The van der Waals surface area contributed by atoms with E-state index in [0.29, 0.717) is 5.56 Å². The molecule has 0 fully saturated rings. The van der Waals surface area contributed by atoms with Gasteiger partial charge < -0.3 is 5.11 Å². The highest BCUT2D eigenvalue weighted by molar-refractivity contribution is 8.03. The highest BCUT2D eigenvalue weighted by Crippen LogP contribution is 2.37. The molecule has 0 bridgehead atoms. The third-order valence-corrected chi connectivity index (χ3v) is 3.89. The van der Waals surface area contributed by atoms with Gasteiger partial charge in [0, 0.05) is 10.7 Å². The van der Waals surface area contributed by atoms with E-state index in [2.05, 4.69) is 18.2 Å². The number of fused-ring (bicyclic) bond motifs is 2. The van der Waals surface area contributed by atoms with E-state index in [0.717, 1.165) is 16.9 Å². The van der Waals surface area contributed by atoms with Gasteiger partial charge in [-0.2, -0.15) is 0 Å². The number of rotatable bonds is 1. The Hall–Kier alpha value is -1.74. The summed E-state index contributed by atoms with van der Waals surface area (Å²) in [5.41, 5.74) is 3.62. The van der Waals surface area contributed by atoms with Gasteiger partial charge >= 0.3 is 5.97 Å². The van der Waals surface area contributed by atoms with E-state index in [-0.39, 0.29) is 0 Å². The molecule has 17 heavy (non-hydrogen) atoms. The molecule has 0 spiro atoms. The molecule has 1 aliphatic carbocycles. The highest BCUT2D eigenvalue weighted by atomic mass is 32.2. The Morgan fingerprint density at radius 1 is 1.24 bits per heavy atom. The lowest BCUT2D eigenvalue weighted by molar-refractivity contribution is 0.0697. The molecule has 2 nitrogen and oxygen atoms in total. The predicted octanol–water partition coefficient (Wildman–Crippen LogP) is 3.43. The van der Waals surface area contributed by atoms with Crippen molar-refractivity contribution in [1.82, 2.24) is 0 Å². The van der Waals surface area contributed by atoms with Crippen molar-refractivity contribution in [2.45, 2.75) is 0 Å². The van der Waals surface area contributed by atoms with Crippen LogP contribution in [-0.4, -0.2) is 16.8 Å². The van der Waals surface area contributed by atoms with Gasteiger partial charge in [-0.15, -0.1) is 11.8 Å². The molecule has 1 heterocycles. The minimum absolute atomic E-state index is 0.337. The van der Waals surface area contributed by atoms with E-state index in [9.17, 15) is 4.79 Å². The number of aromatic carboxylic acids is 1. The molecule has 1 aromatic rings. The number of hydrogen-bond acceptors (Lipinski definition) is 2. The van der Waals surface area contributed by atoms with Crippen molar-refractivity contribution in [3.05, 3.63) is 57.5 Å². The monoisotopic (exact) mass is 242 g/mol. The Kier molecular flexibility index (Phi) is 2.41. The van der Waals surface area contributed by atoms with Gasteiger partial charge in [-0.3, -0.25) is 0 Å². The van der Waals surface area contributed by atoms with Crippen molar-refractivity contribution >= 4 is 29.9 Å². The first-order chi connectivity index (χ1) is 8.24. The third kappa shape index (κ3) is 1.83. The van der Waals surface area contributed by atoms with Crippen molar-refractivity contribution in [2.75, 3.05) is 5.75 Å². The zero-order chi connectivity index (χ0) is 11.8. The molecule has 0 atom stereocenters. The van der Waals surface area contributed by atoms with Crippen molar-refractivity contribution in [1.29, 1.82) is 0 Å². The number of benzene rings is 1. The minimum atomic E-state index is -0.880. The first kappa shape index (κ1) is 10.4. The molecule has 0 unspecified atom stereocenters. The van der Waals surface area contributed by atoms with Crippen molar-refractivity contribution < 1.29 is 9.90 Å².